The van der Waals surface area contributed by atoms with Crippen molar-refractivity contribution < 1.29 is 4.74 Å². The van der Waals surface area contributed by atoms with E-state index in [4.69, 9.17) is 10.5 Å². The number of para-hydroxylation sites is 1. The Morgan fingerprint density at radius 1 is 1.25 bits per heavy atom. The molecule has 0 unspecified atom stereocenters. The van der Waals surface area contributed by atoms with Crippen molar-refractivity contribution in [3.63, 3.8) is 0 Å². The van der Waals surface area contributed by atoms with Crippen molar-refractivity contribution in [1.82, 2.24) is 0 Å². The van der Waals surface area contributed by atoms with Crippen LogP contribution < -0.4 is 10.5 Å². The average Bonchev–Trinajstić information content (AvgIpc) is 2.24. The lowest BCUT2D eigenvalue weighted by atomic mass is 9.83. The van der Waals surface area contributed by atoms with Gasteiger partial charge in [-0.05, 0) is 17.9 Å². The van der Waals surface area contributed by atoms with Gasteiger partial charge >= 0.3 is 0 Å². The Balaban J connectivity index is 2.94. The van der Waals surface area contributed by atoms with Crippen LogP contribution in [0.25, 0.3) is 0 Å². The molecule has 0 radical (unpaired) electrons. The molecule has 2 heteroatoms. The molecule has 0 fully saturated rings. The summed E-state index contributed by atoms with van der Waals surface area (Å²) in [5.74, 6) is 0.923. The number of nitrogens with two attached hydrogens (primary N) is 1. The van der Waals surface area contributed by atoms with Gasteiger partial charge in [0.1, 0.15) is 5.75 Å². The molecule has 0 aliphatic carbocycles. The average molecular weight is 221 g/mol. The standard InChI is InChI=1S/C14H23NO/c1-5-10-16-12-9-7-6-8-11(12)13(15)14(2,3)4/h6-9,13H,5,10,15H2,1-4H3/t13-/m0/s1. The first-order chi connectivity index (χ1) is 7.46. The van der Waals surface area contributed by atoms with Crippen LogP contribution in [0.1, 0.15) is 45.7 Å². The molecule has 2 N–H and O–H groups in total. The van der Waals surface area contributed by atoms with E-state index >= 15 is 0 Å². The third-order valence-electron chi connectivity index (χ3n) is 2.65. The van der Waals surface area contributed by atoms with Crippen LogP contribution in [0.4, 0.5) is 0 Å². The highest BCUT2D eigenvalue weighted by Crippen LogP contribution is 2.35. The first-order valence-corrected chi connectivity index (χ1v) is 5.94. The number of hydrogen-bond donors (Lipinski definition) is 1. The zero-order valence-corrected chi connectivity index (χ0v) is 10.8. The van der Waals surface area contributed by atoms with E-state index in [1.54, 1.807) is 0 Å². The molecule has 0 aliphatic rings. The van der Waals surface area contributed by atoms with Crippen molar-refractivity contribution in [2.75, 3.05) is 6.61 Å². The van der Waals surface area contributed by atoms with Crippen LogP contribution in [0.3, 0.4) is 0 Å². The quantitative estimate of drug-likeness (QED) is 0.844. The second-order valence-electron chi connectivity index (χ2n) is 5.23. The minimum absolute atomic E-state index is 0.000515. The molecule has 0 aliphatic heterocycles. The molecular formula is C14H23NO. The van der Waals surface area contributed by atoms with Crippen molar-refractivity contribution >= 4 is 0 Å². The predicted molar refractivity (Wildman–Crippen MR) is 68.6 cm³/mol. The number of ether oxygens (including phenoxy) is 1. The van der Waals surface area contributed by atoms with Crippen LogP contribution >= 0.6 is 0 Å². The maximum Gasteiger partial charge on any atom is 0.124 e. The van der Waals surface area contributed by atoms with E-state index in [9.17, 15) is 0 Å². The Morgan fingerprint density at radius 3 is 2.44 bits per heavy atom. The fourth-order valence-corrected chi connectivity index (χ4v) is 1.55. The molecule has 0 bridgehead atoms. The maximum absolute atomic E-state index is 6.26. The van der Waals surface area contributed by atoms with E-state index in [-0.39, 0.29) is 11.5 Å². The van der Waals surface area contributed by atoms with E-state index in [1.165, 1.54) is 0 Å². The maximum atomic E-state index is 6.26. The van der Waals surface area contributed by atoms with Crippen molar-refractivity contribution in [3.8, 4) is 5.75 Å². The second kappa shape index (κ2) is 5.35. The van der Waals surface area contributed by atoms with Crippen LogP contribution in [-0.2, 0) is 0 Å². The lowest BCUT2D eigenvalue weighted by Gasteiger charge is -2.28. The number of benzene rings is 1. The van der Waals surface area contributed by atoms with Crippen molar-refractivity contribution in [2.24, 2.45) is 11.1 Å². The van der Waals surface area contributed by atoms with Gasteiger partial charge in [-0.1, -0.05) is 45.9 Å². The molecule has 0 spiro atoms. The predicted octanol–water partition coefficient (Wildman–Crippen LogP) is 3.52. The van der Waals surface area contributed by atoms with Gasteiger partial charge in [-0.25, -0.2) is 0 Å². The van der Waals surface area contributed by atoms with E-state index in [1.807, 2.05) is 18.2 Å². The Morgan fingerprint density at radius 2 is 1.88 bits per heavy atom. The monoisotopic (exact) mass is 221 g/mol. The summed E-state index contributed by atoms with van der Waals surface area (Å²) in [6.07, 6.45) is 1.01. The van der Waals surface area contributed by atoms with Gasteiger partial charge in [0, 0.05) is 11.6 Å². The van der Waals surface area contributed by atoms with E-state index in [0.717, 1.165) is 24.3 Å². The molecule has 0 saturated heterocycles. The summed E-state index contributed by atoms with van der Waals surface area (Å²) in [7, 11) is 0. The van der Waals surface area contributed by atoms with Gasteiger partial charge in [-0.3, -0.25) is 0 Å². The Bertz CT molecular complexity index is 328. The van der Waals surface area contributed by atoms with E-state index in [0.29, 0.717) is 0 Å². The zero-order valence-electron chi connectivity index (χ0n) is 10.8. The fourth-order valence-electron chi connectivity index (χ4n) is 1.55. The van der Waals surface area contributed by atoms with Gasteiger partial charge < -0.3 is 10.5 Å². The minimum Gasteiger partial charge on any atom is -0.493 e. The summed E-state index contributed by atoms with van der Waals surface area (Å²) in [6.45, 7) is 9.29. The summed E-state index contributed by atoms with van der Waals surface area (Å²) in [4.78, 5) is 0. The van der Waals surface area contributed by atoms with Crippen LogP contribution in [-0.4, -0.2) is 6.61 Å². The van der Waals surface area contributed by atoms with Gasteiger partial charge in [-0.15, -0.1) is 0 Å². The summed E-state index contributed by atoms with van der Waals surface area (Å²) in [6, 6.07) is 8.06. The molecule has 1 rings (SSSR count). The molecule has 16 heavy (non-hydrogen) atoms. The van der Waals surface area contributed by atoms with Crippen LogP contribution in [0.2, 0.25) is 0 Å². The first-order valence-electron chi connectivity index (χ1n) is 5.94. The topological polar surface area (TPSA) is 35.2 Å². The van der Waals surface area contributed by atoms with Crippen molar-refractivity contribution in [2.45, 2.75) is 40.2 Å². The third kappa shape index (κ3) is 3.24. The SMILES string of the molecule is CCCOc1ccccc1[C@H](N)C(C)(C)C. The number of rotatable bonds is 4. The highest BCUT2D eigenvalue weighted by Gasteiger charge is 2.24. The Kier molecular flexibility index (Phi) is 4.36. The largest absolute Gasteiger partial charge is 0.493 e. The first kappa shape index (κ1) is 13.0. The van der Waals surface area contributed by atoms with Gasteiger partial charge in [-0.2, -0.15) is 0 Å². The smallest absolute Gasteiger partial charge is 0.124 e. The lowest BCUT2D eigenvalue weighted by Crippen LogP contribution is -2.26. The highest BCUT2D eigenvalue weighted by molar-refractivity contribution is 5.36. The number of hydrogen-bond acceptors (Lipinski definition) is 2. The van der Waals surface area contributed by atoms with Crippen LogP contribution in [0.15, 0.2) is 24.3 Å². The third-order valence-corrected chi connectivity index (χ3v) is 2.65. The molecule has 0 amide bonds. The summed E-state index contributed by atoms with van der Waals surface area (Å²) in [5, 5.41) is 0. The van der Waals surface area contributed by atoms with Crippen molar-refractivity contribution in [3.05, 3.63) is 29.8 Å². The molecule has 90 valence electrons. The molecule has 1 aromatic carbocycles. The van der Waals surface area contributed by atoms with Gasteiger partial charge in [0.15, 0.2) is 0 Å². The Labute approximate surface area is 98.8 Å². The lowest BCUT2D eigenvalue weighted by molar-refractivity contribution is 0.288. The van der Waals surface area contributed by atoms with Crippen LogP contribution in [0, 0.1) is 5.41 Å². The normalized spacial score (nSPS) is 13.6. The summed E-state index contributed by atoms with van der Waals surface area (Å²) >= 11 is 0. The fraction of sp³-hybridized carbons (Fsp3) is 0.571. The van der Waals surface area contributed by atoms with Gasteiger partial charge in [0.2, 0.25) is 0 Å². The molecular weight excluding hydrogens is 198 g/mol. The molecule has 0 heterocycles. The van der Waals surface area contributed by atoms with Crippen LogP contribution in [0.5, 0.6) is 5.75 Å². The van der Waals surface area contributed by atoms with E-state index in [2.05, 4.69) is 33.8 Å². The van der Waals surface area contributed by atoms with Crippen molar-refractivity contribution in [1.29, 1.82) is 0 Å². The molecule has 1 aromatic rings. The zero-order chi connectivity index (χ0) is 12.2. The Hall–Kier alpha value is -1.02. The molecule has 2 nitrogen and oxygen atoms in total. The second-order valence-corrected chi connectivity index (χ2v) is 5.23. The van der Waals surface area contributed by atoms with Gasteiger partial charge in [0.25, 0.3) is 0 Å². The highest BCUT2D eigenvalue weighted by atomic mass is 16.5. The molecule has 0 aromatic heterocycles. The van der Waals surface area contributed by atoms with E-state index < -0.39 is 0 Å². The summed E-state index contributed by atoms with van der Waals surface area (Å²) < 4.78 is 5.72. The molecule has 1 atom stereocenters. The minimum atomic E-state index is 0.000515. The molecule has 0 saturated carbocycles. The summed E-state index contributed by atoms with van der Waals surface area (Å²) in [5.41, 5.74) is 7.41. The van der Waals surface area contributed by atoms with Gasteiger partial charge in [0.05, 0.1) is 6.61 Å².